The fourth-order valence-electron chi connectivity index (χ4n) is 4.55. The first-order valence-corrected chi connectivity index (χ1v) is 15.5. The minimum atomic E-state index is -4.98. The Kier molecular flexibility index (Phi) is 10.8. The van der Waals surface area contributed by atoms with Crippen molar-refractivity contribution in [1.29, 1.82) is 0 Å². The largest absolute Gasteiger partial charge is 0.497 e. The Balaban J connectivity index is 1.28. The molecule has 0 bridgehead atoms. The van der Waals surface area contributed by atoms with Crippen molar-refractivity contribution in [3.63, 3.8) is 0 Å². The zero-order chi connectivity index (χ0) is 33.7. The second kappa shape index (κ2) is 14.2. The molecule has 4 rings (SSSR count). The minimum Gasteiger partial charge on any atom is -0.497 e. The summed E-state index contributed by atoms with van der Waals surface area (Å²) in [4.78, 5) is 21.8. The molecular formula is C27H31F6N7O5S. The molecule has 1 aliphatic rings. The summed E-state index contributed by atoms with van der Waals surface area (Å²) in [6.07, 6.45) is -7.33. The van der Waals surface area contributed by atoms with Crippen LogP contribution in [-0.4, -0.2) is 90.8 Å². The van der Waals surface area contributed by atoms with Gasteiger partial charge in [-0.1, -0.05) is 12.1 Å². The molecule has 3 aromatic rings. The fraction of sp³-hybridized carbons (Fsp3) is 0.481. The zero-order valence-corrected chi connectivity index (χ0v) is 25.5. The van der Waals surface area contributed by atoms with Gasteiger partial charge < -0.3 is 19.7 Å². The Labute approximate surface area is 260 Å². The number of hydrogen-bond donors (Lipinski definition) is 1. The number of nitrogens with zero attached hydrogens (tertiary/aromatic N) is 6. The first-order valence-electron chi connectivity index (χ1n) is 13.8. The molecule has 1 atom stereocenters. The molecule has 0 radical (unpaired) electrons. The van der Waals surface area contributed by atoms with Gasteiger partial charge in [0.25, 0.3) is 5.56 Å². The summed E-state index contributed by atoms with van der Waals surface area (Å²) >= 11 is 0. The van der Waals surface area contributed by atoms with Crippen LogP contribution in [0.25, 0.3) is 0 Å². The van der Waals surface area contributed by atoms with E-state index in [4.69, 9.17) is 9.47 Å². The number of rotatable bonds is 12. The Morgan fingerprint density at radius 1 is 0.957 bits per heavy atom. The van der Waals surface area contributed by atoms with Crippen LogP contribution in [0.4, 0.5) is 38.0 Å². The van der Waals surface area contributed by atoms with Crippen molar-refractivity contribution in [3.05, 3.63) is 69.9 Å². The maximum Gasteiger partial charge on any atom is 0.423 e. The van der Waals surface area contributed by atoms with E-state index in [0.717, 1.165) is 6.20 Å². The summed E-state index contributed by atoms with van der Waals surface area (Å²) in [5, 5.41) is 6.47. The number of alkyl halides is 6. The predicted molar refractivity (Wildman–Crippen MR) is 154 cm³/mol. The van der Waals surface area contributed by atoms with Crippen LogP contribution in [0.15, 0.2) is 47.7 Å². The zero-order valence-electron chi connectivity index (χ0n) is 24.7. The van der Waals surface area contributed by atoms with E-state index in [2.05, 4.69) is 20.4 Å². The summed E-state index contributed by atoms with van der Waals surface area (Å²) < 4.78 is 118. The van der Waals surface area contributed by atoms with Gasteiger partial charge >= 0.3 is 12.4 Å². The summed E-state index contributed by atoms with van der Waals surface area (Å²) in [6.45, 7) is 1.26. The van der Waals surface area contributed by atoms with Crippen molar-refractivity contribution in [1.82, 2.24) is 24.1 Å². The Bertz CT molecular complexity index is 1630. The summed E-state index contributed by atoms with van der Waals surface area (Å²) in [5.74, 6) is 0.183. The van der Waals surface area contributed by atoms with Crippen LogP contribution >= 0.6 is 0 Å². The van der Waals surface area contributed by atoms with Gasteiger partial charge in [-0.3, -0.25) is 4.79 Å². The summed E-state index contributed by atoms with van der Waals surface area (Å²) in [7, 11) is -2.31. The van der Waals surface area contributed by atoms with Crippen LogP contribution in [0.2, 0.25) is 0 Å². The van der Waals surface area contributed by atoms with Crippen molar-refractivity contribution in [2.24, 2.45) is 0 Å². The molecular weight excluding hydrogens is 648 g/mol. The molecule has 1 unspecified atom stereocenters. The standard InChI is InChI=1S/C27H31F6N7O5S/c1-18(37-22-15-36-40(24(41)23(22)27(31,32)33)16-19-3-5-21(44-2)6-4-19)17-45-11-12-46(42,43)39-9-7-38(8-10-39)25-34-13-20(14-35-25)26(28,29)30/h3-6,13-15,18,37H,7-12,16-17H2,1-2H3. The molecule has 0 saturated carbocycles. The van der Waals surface area contributed by atoms with E-state index in [1.54, 1.807) is 29.2 Å². The first kappa shape index (κ1) is 34.9. The number of anilines is 2. The molecule has 2 aromatic heterocycles. The predicted octanol–water partition coefficient (Wildman–Crippen LogP) is 3.10. The molecule has 1 N–H and O–H groups in total. The number of piperazine rings is 1. The molecule has 252 valence electrons. The van der Waals surface area contributed by atoms with Crippen LogP contribution in [0.3, 0.4) is 0 Å². The second-order valence-corrected chi connectivity index (χ2v) is 12.4. The number of ether oxygens (including phenoxy) is 2. The van der Waals surface area contributed by atoms with Crippen LogP contribution in [0, 0.1) is 0 Å². The molecule has 0 amide bonds. The Hall–Kier alpha value is -3.97. The van der Waals surface area contributed by atoms with Crippen molar-refractivity contribution in [2.45, 2.75) is 31.9 Å². The van der Waals surface area contributed by atoms with Gasteiger partial charge in [-0.15, -0.1) is 0 Å². The van der Waals surface area contributed by atoms with Gasteiger partial charge in [-0.05, 0) is 24.6 Å². The highest BCUT2D eigenvalue weighted by Gasteiger charge is 2.38. The summed E-state index contributed by atoms with van der Waals surface area (Å²) in [6, 6.07) is 5.66. The van der Waals surface area contributed by atoms with Gasteiger partial charge in [0.15, 0.2) is 0 Å². The highest BCUT2D eigenvalue weighted by molar-refractivity contribution is 7.89. The quantitative estimate of drug-likeness (QED) is 0.225. The van der Waals surface area contributed by atoms with E-state index >= 15 is 0 Å². The van der Waals surface area contributed by atoms with E-state index in [9.17, 15) is 39.6 Å². The lowest BCUT2D eigenvalue weighted by Gasteiger charge is -2.34. The molecule has 1 fully saturated rings. The number of halogens is 6. The number of hydrogen-bond acceptors (Lipinski definition) is 10. The van der Waals surface area contributed by atoms with E-state index in [1.165, 1.54) is 18.3 Å². The van der Waals surface area contributed by atoms with Gasteiger partial charge in [0.05, 0.1) is 50.1 Å². The lowest BCUT2D eigenvalue weighted by molar-refractivity contribution is -0.139. The second-order valence-electron chi connectivity index (χ2n) is 10.3. The van der Waals surface area contributed by atoms with Crippen molar-refractivity contribution in [2.75, 3.05) is 62.5 Å². The third kappa shape index (κ3) is 8.85. The van der Waals surface area contributed by atoms with Crippen LogP contribution in [0.1, 0.15) is 23.6 Å². The third-order valence-electron chi connectivity index (χ3n) is 6.95. The van der Waals surface area contributed by atoms with Gasteiger partial charge in [-0.25, -0.2) is 23.1 Å². The van der Waals surface area contributed by atoms with Crippen LogP contribution in [-0.2, 0) is 33.7 Å². The molecule has 0 spiro atoms. The fourth-order valence-corrected chi connectivity index (χ4v) is 5.85. The molecule has 12 nitrogen and oxygen atoms in total. The lowest BCUT2D eigenvalue weighted by Crippen LogP contribution is -2.50. The minimum absolute atomic E-state index is 0.0435. The Morgan fingerprint density at radius 3 is 2.15 bits per heavy atom. The average molecular weight is 680 g/mol. The van der Waals surface area contributed by atoms with Crippen molar-refractivity contribution < 1.29 is 44.2 Å². The molecule has 1 aromatic carbocycles. The molecule has 3 heterocycles. The molecule has 1 aliphatic heterocycles. The van der Waals surface area contributed by atoms with Gasteiger partial charge in [0.2, 0.25) is 16.0 Å². The normalized spacial score (nSPS) is 15.5. The van der Waals surface area contributed by atoms with Crippen molar-refractivity contribution in [3.8, 4) is 5.75 Å². The number of benzene rings is 1. The van der Waals surface area contributed by atoms with Gasteiger partial charge in [-0.2, -0.15) is 35.7 Å². The van der Waals surface area contributed by atoms with Crippen molar-refractivity contribution >= 4 is 21.7 Å². The SMILES string of the molecule is COc1ccc(Cn2ncc(NC(C)COCCS(=O)(=O)N3CCN(c4ncc(C(F)(F)F)cn4)CC3)c(C(F)(F)F)c2=O)cc1. The lowest BCUT2D eigenvalue weighted by atomic mass is 10.2. The van der Waals surface area contributed by atoms with E-state index in [-0.39, 0.29) is 51.9 Å². The Morgan fingerprint density at radius 2 is 1.59 bits per heavy atom. The van der Waals surface area contributed by atoms with Gasteiger partial charge in [0, 0.05) is 44.6 Å². The third-order valence-corrected chi connectivity index (χ3v) is 8.79. The van der Waals surface area contributed by atoms with Crippen LogP contribution in [0.5, 0.6) is 5.75 Å². The monoisotopic (exact) mass is 679 g/mol. The van der Waals surface area contributed by atoms with E-state index in [0.29, 0.717) is 28.4 Å². The number of aromatic nitrogens is 4. The number of methoxy groups -OCH3 is 1. The summed E-state index contributed by atoms with van der Waals surface area (Å²) in [5.41, 5.74) is -3.76. The first-order chi connectivity index (χ1) is 21.6. The molecule has 0 aliphatic carbocycles. The van der Waals surface area contributed by atoms with Crippen LogP contribution < -0.4 is 20.5 Å². The smallest absolute Gasteiger partial charge is 0.423 e. The highest BCUT2D eigenvalue weighted by atomic mass is 32.2. The maximum atomic E-state index is 13.9. The average Bonchev–Trinajstić information content (AvgIpc) is 3.00. The van der Waals surface area contributed by atoms with Gasteiger partial charge in [0.1, 0.15) is 11.3 Å². The molecule has 46 heavy (non-hydrogen) atoms. The topological polar surface area (TPSA) is 132 Å². The molecule has 1 saturated heterocycles. The maximum absolute atomic E-state index is 13.9. The molecule has 19 heteroatoms. The number of sulfonamides is 1. The number of nitrogens with one attached hydrogen (secondary N) is 1. The van der Waals surface area contributed by atoms with E-state index < -0.39 is 56.5 Å². The van der Waals surface area contributed by atoms with E-state index in [1.807, 2.05) is 0 Å². The highest BCUT2D eigenvalue weighted by Crippen LogP contribution is 2.32.